The first-order chi connectivity index (χ1) is 11.4. The van der Waals surface area contributed by atoms with Crippen LogP contribution in [0.4, 0.5) is 5.88 Å². The van der Waals surface area contributed by atoms with Crippen molar-refractivity contribution in [1.29, 1.82) is 5.26 Å². The molecule has 3 heterocycles. The van der Waals surface area contributed by atoms with E-state index < -0.39 is 10.0 Å². The van der Waals surface area contributed by atoms with Crippen LogP contribution in [0.3, 0.4) is 0 Å². The molecule has 0 aromatic carbocycles. The first-order valence-electron chi connectivity index (χ1n) is 7.62. The summed E-state index contributed by atoms with van der Waals surface area (Å²) in [4.78, 5) is 6.13. The average Bonchev–Trinajstić information content (AvgIpc) is 3.22. The minimum atomic E-state index is -3.67. The molecule has 1 fully saturated rings. The van der Waals surface area contributed by atoms with Crippen LogP contribution in [0.2, 0.25) is 0 Å². The number of piperidine rings is 1. The van der Waals surface area contributed by atoms with Gasteiger partial charge in [0.25, 0.3) is 15.9 Å². The van der Waals surface area contributed by atoms with Crippen molar-refractivity contribution in [2.75, 3.05) is 32.1 Å². The van der Waals surface area contributed by atoms with E-state index >= 15 is 0 Å². The van der Waals surface area contributed by atoms with E-state index in [4.69, 9.17) is 8.83 Å². The fraction of sp³-hybridized carbons (Fsp3) is 0.467. The lowest BCUT2D eigenvalue weighted by molar-refractivity contribution is 0.421. The second-order valence-corrected chi connectivity index (χ2v) is 7.82. The highest BCUT2D eigenvalue weighted by molar-refractivity contribution is 7.88. The molecule has 0 atom stereocenters. The zero-order chi connectivity index (χ0) is 17.3. The van der Waals surface area contributed by atoms with Crippen LogP contribution >= 0.6 is 0 Å². The van der Waals surface area contributed by atoms with Gasteiger partial charge in [0, 0.05) is 27.2 Å². The fourth-order valence-corrected chi connectivity index (χ4v) is 3.35. The summed E-state index contributed by atoms with van der Waals surface area (Å²) >= 11 is 0. The molecule has 1 aliphatic heterocycles. The third kappa shape index (κ3) is 2.90. The van der Waals surface area contributed by atoms with Crippen LogP contribution in [-0.4, -0.2) is 44.9 Å². The van der Waals surface area contributed by atoms with Crippen LogP contribution in [-0.2, 0) is 10.0 Å². The lowest BCUT2D eigenvalue weighted by Crippen LogP contribution is -2.29. The normalized spacial score (nSPS) is 15.7. The minimum absolute atomic E-state index is 0.104. The molecule has 2 aromatic rings. The molecule has 0 radical (unpaired) electrons. The fourth-order valence-electron chi connectivity index (χ4n) is 2.56. The molecule has 1 saturated heterocycles. The Hall–Kier alpha value is -2.31. The van der Waals surface area contributed by atoms with Gasteiger partial charge in [0.1, 0.15) is 6.07 Å². The van der Waals surface area contributed by atoms with Crippen molar-refractivity contribution in [3.05, 3.63) is 17.8 Å². The number of hydrogen-bond donors (Lipinski definition) is 0. The summed E-state index contributed by atoms with van der Waals surface area (Å²) in [5, 5.41) is 9.09. The molecule has 0 aliphatic carbocycles. The Balaban J connectivity index is 1.95. The summed E-state index contributed by atoms with van der Waals surface area (Å²) in [6, 6.07) is 4.85. The molecule has 0 unspecified atom stereocenters. The summed E-state index contributed by atoms with van der Waals surface area (Å²) in [5.74, 6) is 0.697. The van der Waals surface area contributed by atoms with Crippen molar-refractivity contribution < 1.29 is 17.3 Å². The highest BCUT2D eigenvalue weighted by Gasteiger charge is 2.26. The second kappa shape index (κ2) is 6.30. The van der Waals surface area contributed by atoms with Gasteiger partial charge in [0.05, 0.1) is 0 Å². The molecule has 3 rings (SSSR count). The lowest BCUT2D eigenvalue weighted by Gasteiger charge is -2.25. The second-order valence-electron chi connectivity index (χ2n) is 5.74. The predicted octanol–water partition coefficient (Wildman–Crippen LogP) is 2.05. The average molecular weight is 350 g/mol. The van der Waals surface area contributed by atoms with Gasteiger partial charge in [-0.25, -0.2) is 12.7 Å². The summed E-state index contributed by atoms with van der Waals surface area (Å²) in [7, 11) is -0.829. The maximum atomic E-state index is 12.1. The van der Waals surface area contributed by atoms with Gasteiger partial charge in [0.2, 0.25) is 16.7 Å². The van der Waals surface area contributed by atoms with Crippen molar-refractivity contribution in [2.24, 2.45) is 0 Å². The van der Waals surface area contributed by atoms with Gasteiger partial charge < -0.3 is 13.7 Å². The number of anilines is 1. The van der Waals surface area contributed by atoms with Gasteiger partial charge in [-0.1, -0.05) is 0 Å². The van der Waals surface area contributed by atoms with Gasteiger partial charge >= 0.3 is 0 Å². The van der Waals surface area contributed by atoms with Crippen LogP contribution in [0.5, 0.6) is 0 Å². The Kier molecular flexibility index (Phi) is 4.34. The quantitative estimate of drug-likeness (QED) is 0.831. The number of furan rings is 1. The van der Waals surface area contributed by atoms with Gasteiger partial charge in [-0.05, 0) is 31.4 Å². The SMILES string of the molecule is CN(C)S(=O)(=O)c1ccc(-c2nc(C#N)c(N3CCCCC3)o2)o1. The molecule has 24 heavy (non-hydrogen) atoms. The lowest BCUT2D eigenvalue weighted by atomic mass is 10.1. The van der Waals surface area contributed by atoms with E-state index in [-0.39, 0.29) is 22.4 Å². The van der Waals surface area contributed by atoms with E-state index in [0.29, 0.717) is 5.88 Å². The van der Waals surface area contributed by atoms with Gasteiger partial charge in [-0.15, -0.1) is 0 Å². The molecule has 9 heteroatoms. The molecule has 0 saturated carbocycles. The smallest absolute Gasteiger partial charge is 0.275 e. The van der Waals surface area contributed by atoms with Crippen molar-refractivity contribution in [3.63, 3.8) is 0 Å². The number of hydrogen-bond acceptors (Lipinski definition) is 7. The van der Waals surface area contributed by atoms with Crippen LogP contribution in [0.25, 0.3) is 11.7 Å². The zero-order valence-electron chi connectivity index (χ0n) is 13.5. The highest BCUT2D eigenvalue weighted by atomic mass is 32.2. The van der Waals surface area contributed by atoms with Crippen molar-refractivity contribution in [1.82, 2.24) is 9.29 Å². The number of nitrogens with zero attached hydrogens (tertiary/aromatic N) is 4. The van der Waals surface area contributed by atoms with Crippen molar-refractivity contribution in [3.8, 4) is 17.7 Å². The van der Waals surface area contributed by atoms with Crippen LogP contribution in [0.1, 0.15) is 25.0 Å². The summed E-state index contributed by atoms with van der Waals surface area (Å²) < 4.78 is 36.3. The molecule has 8 nitrogen and oxygen atoms in total. The standard InChI is InChI=1S/C15H18N4O4S/c1-18(2)24(20,21)13-7-6-12(22-13)14-17-11(10-16)15(23-14)19-8-4-3-5-9-19/h6-7H,3-5,8-9H2,1-2H3. The summed E-state index contributed by atoms with van der Waals surface area (Å²) in [6.07, 6.45) is 3.23. The molecule has 0 amide bonds. The van der Waals surface area contributed by atoms with E-state index in [1.54, 1.807) is 0 Å². The summed E-state index contributed by atoms with van der Waals surface area (Å²) in [6.45, 7) is 1.61. The van der Waals surface area contributed by atoms with E-state index in [0.717, 1.165) is 36.7 Å². The minimum Gasteiger partial charge on any atom is -0.438 e. The number of rotatable bonds is 4. The van der Waals surface area contributed by atoms with Crippen molar-refractivity contribution >= 4 is 15.9 Å². The Labute approximate surface area is 140 Å². The Morgan fingerprint density at radius 1 is 1.21 bits per heavy atom. The van der Waals surface area contributed by atoms with E-state index in [9.17, 15) is 13.7 Å². The molecule has 0 spiro atoms. The van der Waals surface area contributed by atoms with E-state index in [1.165, 1.54) is 26.2 Å². The first-order valence-corrected chi connectivity index (χ1v) is 9.06. The van der Waals surface area contributed by atoms with Gasteiger partial charge in [0.15, 0.2) is 5.76 Å². The predicted molar refractivity (Wildman–Crippen MR) is 85.9 cm³/mol. The number of aromatic nitrogens is 1. The van der Waals surface area contributed by atoms with Crippen LogP contribution in [0.15, 0.2) is 26.1 Å². The largest absolute Gasteiger partial charge is 0.438 e. The highest BCUT2D eigenvalue weighted by Crippen LogP contribution is 2.31. The zero-order valence-corrected chi connectivity index (χ0v) is 14.3. The number of nitriles is 1. The molecule has 1 aliphatic rings. The first kappa shape index (κ1) is 16.5. The molecule has 128 valence electrons. The Bertz CT molecular complexity index is 870. The van der Waals surface area contributed by atoms with E-state index in [1.807, 2.05) is 11.0 Å². The summed E-state index contributed by atoms with van der Waals surface area (Å²) in [5.41, 5.74) is 0.181. The molecular formula is C15H18N4O4S. The van der Waals surface area contributed by atoms with E-state index in [2.05, 4.69) is 4.98 Å². The van der Waals surface area contributed by atoms with Crippen LogP contribution < -0.4 is 4.90 Å². The Morgan fingerprint density at radius 3 is 2.54 bits per heavy atom. The molecule has 2 aromatic heterocycles. The topological polar surface area (TPSA) is 104 Å². The molecule has 0 N–H and O–H groups in total. The third-order valence-corrected chi connectivity index (χ3v) is 5.57. The molecule has 0 bridgehead atoms. The van der Waals surface area contributed by atoms with Crippen molar-refractivity contribution in [2.45, 2.75) is 24.4 Å². The maximum absolute atomic E-state index is 12.1. The number of sulfonamides is 1. The number of oxazole rings is 1. The Morgan fingerprint density at radius 2 is 1.92 bits per heavy atom. The van der Waals surface area contributed by atoms with Gasteiger partial charge in [-0.3, -0.25) is 0 Å². The maximum Gasteiger partial charge on any atom is 0.275 e. The van der Waals surface area contributed by atoms with Gasteiger partial charge in [-0.2, -0.15) is 10.2 Å². The third-order valence-electron chi connectivity index (χ3n) is 3.89. The van der Waals surface area contributed by atoms with Crippen LogP contribution in [0, 0.1) is 11.3 Å². The monoisotopic (exact) mass is 350 g/mol. The molecular weight excluding hydrogens is 332 g/mol.